The molecular formula is C19H13NO6. The Morgan fingerprint density at radius 2 is 1.62 bits per heavy atom. The molecular weight excluding hydrogens is 338 g/mol. The summed E-state index contributed by atoms with van der Waals surface area (Å²) < 4.78 is 0. The van der Waals surface area contributed by atoms with Crippen LogP contribution in [0.3, 0.4) is 0 Å². The molecule has 7 nitrogen and oxygen atoms in total. The molecule has 1 aliphatic carbocycles. The van der Waals surface area contributed by atoms with Gasteiger partial charge in [-0.2, -0.15) is 0 Å². The van der Waals surface area contributed by atoms with Crippen LogP contribution in [0.15, 0.2) is 48.5 Å². The number of imide groups is 1. The molecule has 7 heteroatoms. The average Bonchev–Trinajstić information content (AvgIpc) is 3.33. The Bertz CT molecular complexity index is 983. The monoisotopic (exact) mass is 351 g/mol. The van der Waals surface area contributed by atoms with Gasteiger partial charge in [0, 0.05) is 5.92 Å². The number of aromatic carboxylic acids is 1. The number of aliphatic carboxylic acids is 1. The fourth-order valence-electron chi connectivity index (χ4n) is 3.65. The zero-order valence-electron chi connectivity index (χ0n) is 13.4. The zero-order chi connectivity index (χ0) is 18.6. The van der Waals surface area contributed by atoms with Crippen molar-refractivity contribution in [2.24, 2.45) is 0 Å². The second kappa shape index (κ2) is 5.26. The van der Waals surface area contributed by atoms with Gasteiger partial charge < -0.3 is 10.2 Å². The summed E-state index contributed by atoms with van der Waals surface area (Å²) in [4.78, 5) is 49.5. The number of fused-ring (bicyclic) bond motifs is 1. The fourth-order valence-corrected chi connectivity index (χ4v) is 3.65. The van der Waals surface area contributed by atoms with Crippen molar-refractivity contribution >= 4 is 23.8 Å². The highest BCUT2D eigenvalue weighted by atomic mass is 16.4. The van der Waals surface area contributed by atoms with Crippen LogP contribution in [0.5, 0.6) is 0 Å². The molecule has 2 atom stereocenters. The number of rotatable bonds is 4. The van der Waals surface area contributed by atoms with Crippen molar-refractivity contribution in [2.45, 2.75) is 17.9 Å². The highest BCUT2D eigenvalue weighted by Crippen LogP contribution is 2.57. The molecule has 130 valence electrons. The summed E-state index contributed by atoms with van der Waals surface area (Å²) in [6, 6.07) is 12.5. The molecule has 0 radical (unpaired) electrons. The minimum absolute atomic E-state index is 0.0272. The highest BCUT2D eigenvalue weighted by Gasteiger charge is 2.69. The van der Waals surface area contributed by atoms with E-state index in [9.17, 15) is 24.3 Å². The summed E-state index contributed by atoms with van der Waals surface area (Å²) in [7, 11) is 0. The molecule has 0 unspecified atom stereocenters. The standard InChI is InChI=1S/C19H13NO6/c21-15-12-7-6-11(17(23)24)8-13(12)16(22)20(15)19(18(25)26)9-14(19)10-4-2-1-3-5-10/h1-8,14H,9H2,(H,23,24)(H,25,26)/t14-,19-/m1/s1. The van der Waals surface area contributed by atoms with Gasteiger partial charge in [-0.1, -0.05) is 30.3 Å². The third kappa shape index (κ3) is 2.00. The summed E-state index contributed by atoms with van der Waals surface area (Å²) in [6.45, 7) is 0. The van der Waals surface area contributed by atoms with Gasteiger partial charge in [-0.15, -0.1) is 0 Å². The molecule has 0 spiro atoms. The number of carbonyl (C=O) groups is 4. The molecule has 2 amide bonds. The molecule has 1 heterocycles. The largest absolute Gasteiger partial charge is 0.479 e. The number of benzene rings is 2. The van der Waals surface area contributed by atoms with Crippen LogP contribution in [0.2, 0.25) is 0 Å². The Labute approximate surface area is 147 Å². The topological polar surface area (TPSA) is 112 Å². The number of carbonyl (C=O) groups excluding carboxylic acids is 2. The van der Waals surface area contributed by atoms with E-state index in [-0.39, 0.29) is 23.1 Å². The molecule has 2 aliphatic rings. The van der Waals surface area contributed by atoms with E-state index in [4.69, 9.17) is 5.11 Å². The van der Waals surface area contributed by atoms with Crippen LogP contribution in [-0.2, 0) is 4.79 Å². The predicted octanol–water partition coefficient (Wildman–Crippen LogP) is 1.99. The first-order valence-corrected chi connectivity index (χ1v) is 7.92. The molecule has 0 aromatic heterocycles. The number of carboxylic acids is 2. The van der Waals surface area contributed by atoms with Crippen LogP contribution in [0, 0.1) is 0 Å². The van der Waals surface area contributed by atoms with E-state index in [0.717, 1.165) is 16.5 Å². The van der Waals surface area contributed by atoms with Gasteiger partial charge >= 0.3 is 11.9 Å². The van der Waals surface area contributed by atoms with E-state index in [1.165, 1.54) is 12.1 Å². The normalized spacial score (nSPS) is 23.7. The van der Waals surface area contributed by atoms with Crippen molar-refractivity contribution in [3.05, 3.63) is 70.8 Å². The van der Waals surface area contributed by atoms with Gasteiger partial charge in [0.2, 0.25) is 0 Å². The van der Waals surface area contributed by atoms with Crippen LogP contribution in [0.25, 0.3) is 0 Å². The van der Waals surface area contributed by atoms with Crippen molar-refractivity contribution in [3.8, 4) is 0 Å². The van der Waals surface area contributed by atoms with Gasteiger partial charge in [-0.25, -0.2) is 9.59 Å². The van der Waals surface area contributed by atoms with Gasteiger partial charge in [0.1, 0.15) is 0 Å². The third-order valence-corrected chi connectivity index (χ3v) is 5.04. The summed E-state index contributed by atoms with van der Waals surface area (Å²) in [6.07, 6.45) is 0.129. The maximum Gasteiger partial charge on any atom is 0.335 e. The molecule has 0 saturated heterocycles. The Balaban J connectivity index is 1.78. The van der Waals surface area contributed by atoms with Crippen LogP contribution in [0.1, 0.15) is 49.0 Å². The number of carboxylic acid groups (broad SMARTS) is 2. The van der Waals surface area contributed by atoms with E-state index in [2.05, 4.69) is 0 Å². The summed E-state index contributed by atoms with van der Waals surface area (Å²) >= 11 is 0. The predicted molar refractivity (Wildman–Crippen MR) is 88.1 cm³/mol. The lowest BCUT2D eigenvalue weighted by Gasteiger charge is -2.23. The first kappa shape index (κ1) is 16.0. The number of nitrogens with zero attached hydrogens (tertiary/aromatic N) is 1. The Kier molecular flexibility index (Phi) is 3.24. The lowest BCUT2D eigenvalue weighted by molar-refractivity contribution is -0.143. The van der Waals surface area contributed by atoms with Gasteiger partial charge in [0.25, 0.3) is 11.8 Å². The van der Waals surface area contributed by atoms with E-state index < -0.39 is 35.2 Å². The molecule has 2 aromatic carbocycles. The molecule has 4 rings (SSSR count). The van der Waals surface area contributed by atoms with Crippen LogP contribution in [-0.4, -0.2) is 44.4 Å². The van der Waals surface area contributed by atoms with Crippen molar-refractivity contribution in [1.29, 1.82) is 0 Å². The van der Waals surface area contributed by atoms with E-state index in [1.54, 1.807) is 30.3 Å². The molecule has 1 aliphatic heterocycles. The number of hydrogen-bond acceptors (Lipinski definition) is 4. The molecule has 0 bridgehead atoms. The third-order valence-electron chi connectivity index (χ3n) is 5.04. The van der Waals surface area contributed by atoms with Gasteiger partial charge in [0.15, 0.2) is 5.54 Å². The fraction of sp³-hybridized carbons (Fsp3) is 0.158. The molecule has 1 saturated carbocycles. The SMILES string of the molecule is O=C(O)c1ccc2c(c1)C(=O)N([C@]1(C(=O)O)C[C@@H]1c1ccccc1)C2=O. The smallest absolute Gasteiger partial charge is 0.335 e. The van der Waals surface area contributed by atoms with E-state index in [0.29, 0.717) is 0 Å². The maximum atomic E-state index is 12.8. The molecule has 1 fully saturated rings. The zero-order valence-corrected chi connectivity index (χ0v) is 13.4. The Morgan fingerprint density at radius 3 is 2.23 bits per heavy atom. The van der Waals surface area contributed by atoms with Crippen molar-refractivity contribution < 1.29 is 29.4 Å². The minimum Gasteiger partial charge on any atom is -0.479 e. The molecule has 2 N–H and O–H groups in total. The van der Waals surface area contributed by atoms with Crippen molar-refractivity contribution in [1.82, 2.24) is 4.90 Å². The van der Waals surface area contributed by atoms with Crippen LogP contribution in [0.4, 0.5) is 0 Å². The summed E-state index contributed by atoms with van der Waals surface area (Å²) in [5.41, 5.74) is -1.09. The minimum atomic E-state index is -1.64. The van der Waals surface area contributed by atoms with Crippen LogP contribution >= 0.6 is 0 Å². The lowest BCUT2D eigenvalue weighted by Crippen LogP contribution is -2.48. The number of amides is 2. The van der Waals surface area contributed by atoms with E-state index >= 15 is 0 Å². The molecule has 2 aromatic rings. The van der Waals surface area contributed by atoms with Crippen molar-refractivity contribution in [2.75, 3.05) is 0 Å². The average molecular weight is 351 g/mol. The maximum absolute atomic E-state index is 12.8. The summed E-state index contributed by atoms with van der Waals surface area (Å²) in [5, 5.41) is 18.9. The first-order chi connectivity index (χ1) is 12.4. The highest BCUT2D eigenvalue weighted by molar-refractivity contribution is 6.24. The van der Waals surface area contributed by atoms with E-state index in [1.807, 2.05) is 0 Å². The number of hydrogen-bond donors (Lipinski definition) is 2. The van der Waals surface area contributed by atoms with Crippen LogP contribution < -0.4 is 0 Å². The van der Waals surface area contributed by atoms with Crippen molar-refractivity contribution in [3.63, 3.8) is 0 Å². The van der Waals surface area contributed by atoms with Gasteiger partial charge in [0.05, 0.1) is 16.7 Å². The first-order valence-electron chi connectivity index (χ1n) is 7.92. The second-order valence-electron chi connectivity index (χ2n) is 6.41. The lowest BCUT2D eigenvalue weighted by atomic mass is 10.0. The molecule has 26 heavy (non-hydrogen) atoms. The van der Waals surface area contributed by atoms with Gasteiger partial charge in [-0.05, 0) is 30.2 Å². The Hall–Kier alpha value is -3.48. The summed E-state index contributed by atoms with van der Waals surface area (Å²) in [5.74, 6) is -4.45. The van der Waals surface area contributed by atoms with Gasteiger partial charge in [-0.3, -0.25) is 14.5 Å². The Morgan fingerprint density at radius 1 is 0.962 bits per heavy atom. The quantitative estimate of drug-likeness (QED) is 0.815. The second-order valence-corrected chi connectivity index (χ2v) is 6.41.